The quantitative estimate of drug-likeness (QED) is 0.823. The molecular formula is C12H12FNO3. The molecule has 0 saturated heterocycles. The molecule has 0 aliphatic carbocycles. The second kappa shape index (κ2) is 4.97. The van der Waals surface area contributed by atoms with Crippen LogP contribution in [0.2, 0.25) is 0 Å². The molecule has 2 rings (SSSR count). The molecule has 1 heterocycles. The molecule has 1 aromatic carbocycles. The van der Waals surface area contributed by atoms with Gasteiger partial charge in [-0.2, -0.15) is 0 Å². The lowest BCUT2D eigenvalue weighted by Crippen LogP contribution is -2.09. The molecule has 0 saturated carbocycles. The van der Waals surface area contributed by atoms with E-state index in [2.05, 4.69) is 4.98 Å². The van der Waals surface area contributed by atoms with Crippen LogP contribution in [-0.2, 0) is 4.74 Å². The number of ether oxygens (including phenoxy) is 2. The van der Waals surface area contributed by atoms with Gasteiger partial charge >= 0.3 is 0 Å². The van der Waals surface area contributed by atoms with Gasteiger partial charge in [0, 0.05) is 19.4 Å². The van der Waals surface area contributed by atoms with Gasteiger partial charge in [0.2, 0.25) is 0 Å². The predicted octanol–water partition coefficient (Wildman–Crippen LogP) is 1.69. The maximum Gasteiger partial charge on any atom is 0.193 e. The van der Waals surface area contributed by atoms with Crippen LogP contribution in [0.15, 0.2) is 29.2 Å². The SMILES string of the molecule is COCCOc1c(F)ccc2[nH]ccc(=O)c12. The fraction of sp³-hybridized carbons (Fsp3) is 0.250. The molecule has 0 unspecified atom stereocenters. The Kier molecular flexibility index (Phi) is 3.39. The topological polar surface area (TPSA) is 51.3 Å². The summed E-state index contributed by atoms with van der Waals surface area (Å²) in [5.74, 6) is -0.577. The van der Waals surface area contributed by atoms with E-state index < -0.39 is 5.82 Å². The lowest BCUT2D eigenvalue weighted by atomic mass is 10.2. The summed E-state index contributed by atoms with van der Waals surface area (Å²) in [4.78, 5) is 14.6. The number of benzene rings is 1. The molecule has 0 radical (unpaired) electrons. The normalized spacial score (nSPS) is 10.7. The molecular weight excluding hydrogens is 225 g/mol. The maximum absolute atomic E-state index is 13.6. The highest BCUT2D eigenvalue weighted by Crippen LogP contribution is 2.24. The van der Waals surface area contributed by atoms with E-state index in [0.29, 0.717) is 12.1 Å². The summed E-state index contributed by atoms with van der Waals surface area (Å²) in [5.41, 5.74) is 0.275. The number of aromatic nitrogens is 1. The maximum atomic E-state index is 13.6. The standard InChI is InChI=1S/C12H12FNO3/c1-16-6-7-17-12-8(13)2-3-9-11(12)10(15)4-5-14-9/h2-5H,6-7H2,1H3,(H,14,15). The third-order valence-electron chi connectivity index (χ3n) is 2.36. The van der Waals surface area contributed by atoms with Crippen molar-refractivity contribution in [2.24, 2.45) is 0 Å². The van der Waals surface area contributed by atoms with Gasteiger partial charge in [-0.3, -0.25) is 4.79 Å². The monoisotopic (exact) mass is 237 g/mol. The van der Waals surface area contributed by atoms with Crippen LogP contribution in [-0.4, -0.2) is 25.3 Å². The third kappa shape index (κ3) is 2.29. The van der Waals surface area contributed by atoms with E-state index in [4.69, 9.17) is 9.47 Å². The number of nitrogens with one attached hydrogen (secondary N) is 1. The first-order chi connectivity index (χ1) is 8.24. The molecule has 0 bridgehead atoms. The van der Waals surface area contributed by atoms with Crippen molar-refractivity contribution in [2.75, 3.05) is 20.3 Å². The number of H-pyrrole nitrogens is 1. The van der Waals surface area contributed by atoms with Crippen molar-refractivity contribution in [1.29, 1.82) is 0 Å². The van der Waals surface area contributed by atoms with Crippen molar-refractivity contribution in [1.82, 2.24) is 4.98 Å². The Morgan fingerprint density at radius 3 is 2.88 bits per heavy atom. The summed E-state index contributed by atoms with van der Waals surface area (Å²) in [6, 6.07) is 4.11. The Morgan fingerprint density at radius 2 is 2.12 bits per heavy atom. The first kappa shape index (κ1) is 11.6. The van der Waals surface area contributed by atoms with Crippen molar-refractivity contribution in [2.45, 2.75) is 0 Å². The number of methoxy groups -OCH3 is 1. The van der Waals surface area contributed by atoms with Gasteiger partial charge in [0.25, 0.3) is 0 Å². The minimum Gasteiger partial charge on any atom is -0.487 e. The molecule has 0 atom stereocenters. The van der Waals surface area contributed by atoms with Crippen LogP contribution in [0.4, 0.5) is 4.39 Å². The van der Waals surface area contributed by atoms with Crippen molar-refractivity contribution >= 4 is 10.9 Å². The van der Waals surface area contributed by atoms with Crippen molar-refractivity contribution in [3.8, 4) is 5.75 Å². The van der Waals surface area contributed by atoms with Crippen LogP contribution in [0.5, 0.6) is 5.75 Å². The Morgan fingerprint density at radius 1 is 1.29 bits per heavy atom. The summed E-state index contributed by atoms with van der Waals surface area (Å²) in [5, 5.41) is 0.226. The number of rotatable bonds is 4. The van der Waals surface area contributed by atoms with Gasteiger partial charge in [-0.1, -0.05) is 0 Å². The van der Waals surface area contributed by atoms with Crippen LogP contribution in [0.3, 0.4) is 0 Å². The second-order valence-corrected chi connectivity index (χ2v) is 3.48. The van der Waals surface area contributed by atoms with Crippen molar-refractivity contribution in [3.63, 3.8) is 0 Å². The minimum absolute atomic E-state index is 0.0265. The zero-order chi connectivity index (χ0) is 12.3. The average molecular weight is 237 g/mol. The van der Waals surface area contributed by atoms with Gasteiger partial charge in [-0.15, -0.1) is 0 Å². The summed E-state index contributed by atoms with van der Waals surface area (Å²) in [6.45, 7) is 0.529. The molecule has 0 aliphatic rings. The van der Waals surface area contributed by atoms with Gasteiger partial charge in [-0.05, 0) is 12.1 Å². The summed E-state index contributed by atoms with van der Waals surface area (Å²) < 4.78 is 23.7. The molecule has 90 valence electrons. The van der Waals surface area contributed by atoms with Gasteiger partial charge in [0.15, 0.2) is 17.0 Å². The minimum atomic E-state index is -0.551. The fourth-order valence-electron chi connectivity index (χ4n) is 1.58. The van der Waals surface area contributed by atoms with E-state index >= 15 is 0 Å². The van der Waals surface area contributed by atoms with Gasteiger partial charge in [0.05, 0.1) is 17.5 Å². The molecule has 0 amide bonds. The van der Waals surface area contributed by atoms with E-state index in [1.165, 1.54) is 31.5 Å². The van der Waals surface area contributed by atoms with Crippen LogP contribution < -0.4 is 10.2 Å². The zero-order valence-electron chi connectivity index (χ0n) is 9.33. The lowest BCUT2D eigenvalue weighted by molar-refractivity contribution is 0.144. The van der Waals surface area contributed by atoms with E-state index in [1.807, 2.05) is 0 Å². The largest absolute Gasteiger partial charge is 0.487 e. The first-order valence-corrected chi connectivity index (χ1v) is 5.15. The highest BCUT2D eigenvalue weighted by atomic mass is 19.1. The first-order valence-electron chi connectivity index (χ1n) is 5.15. The highest BCUT2D eigenvalue weighted by Gasteiger charge is 2.11. The number of halogens is 1. The summed E-state index contributed by atoms with van der Waals surface area (Å²) in [7, 11) is 1.52. The molecule has 1 aromatic heterocycles. The Labute approximate surface area is 97.0 Å². The lowest BCUT2D eigenvalue weighted by Gasteiger charge is -2.09. The Hall–Kier alpha value is -1.88. The molecule has 17 heavy (non-hydrogen) atoms. The molecule has 2 aromatic rings. The highest BCUT2D eigenvalue weighted by molar-refractivity contribution is 5.84. The van der Waals surface area contributed by atoms with Crippen LogP contribution in [0.1, 0.15) is 0 Å². The molecule has 4 nitrogen and oxygen atoms in total. The molecule has 1 N–H and O–H groups in total. The smallest absolute Gasteiger partial charge is 0.193 e. The predicted molar refractivity (Wildman–Crippen MR) is 61.9 cm³/mol. The van der Waals surface area contributed by atoms with Crippen molar-refractivity contribution in [3.05, 3.63) is 40.4 Å². The van der Waals surface area contributed by atoms with Crippen LogP contribution in [0, 0.1) is 5.82 Å². The Bertz CT molecular complexity index is 579. The number of hydrogen-bond acceptors (Lipinski definition) is 3. The van der Waals surface area contributed by atoms with E-state index in [9.17, 15) is 9.18 Å². The van der Waals surface area contributed by atoms with E-state index in [-0.39, 0.29) is 23.2 Å². The van der Waals surface area contributed by atoms with Crippen LogP contribution >= 0.6 is 0 Å². The number of hydrogen-bond donors (Lipinski definition) is 1. The van der Waals surface area contributed by atoms with Crippen molar-refractivity contribution < 1.29 is 13.9 Å². The van der Waals surface area contributed by atoms with Crippen LogP contribution in [0.25, 0.3) is 10.9 Å². The Balaban J connectivity index is 2.51. The number of aromatic amines is 1. The third-order valence-corrected chi connectivity index (χ3v) is 2.36. The van der Waals surface area contributed by atoms with Gasteiger partial charge in [0.1, 0.15) is 6.61 Å². The molecule has 0 fully saturated rings. The van der Waals surface area contributed by atoms with Gasteiger partial charge in [-0.25, -0.2) is 4.39 Å². The summed E-state index contributed by atoms with van der Waals surface area (Å²) >= 11 is 0. The molecule has 0 aliphatic heterocycles. The van der Waals surface area contributed by atoms with E-state index in [1.54, 1.807) is 0 Å². The molecule has 5 heteroatoms. The van der Waals surface area contributed by atoms with E-state index in [0.717, 1.165) is 0 Å². The molecule has 0 spiro atoms. The number of pyridine rings is 1. The average Bonchev–Trinajstić information content (AvgIpc) is 2.33. The fourth-order valence-corrected chi connectivity index (χ4v) is 1.58. The van der Waals surface area contributed by atoms with Gasteiger partial charge < -0.3 is 14.5 Å². The second-order valence-electron chi connectivity index (χ2n) is 3.48. The zero-order valence-corrected chi connectivity index (χ0v) is 9.33. The summed E-state index contributed by atoms with van der Waals surface area (Å²) in [6.07, 6.45) is 1.52. The number of fused-ring (bicyclic) bond motifs is 1.